The lowest BCUT2D eigenvalue weighted by Crippen LogP contribution is -2.43. The van der Waals surface area contributed by atoms with Crippen molar-refractivity contribution in [3.63, 3.8) is 0 Å². The molecular weight excluding hydrogens is 334 g/mol. The third-order valence-corrected chi connectivity index (χ3v) is 4.92. The molecule has 1 N–H and O–H groups in total. The Morgan fingerprint density at radius 1 is 1.28 bits per heavy atom. The second-order valence-electron chi connectivity index (χ2n) is 6.39. The number of amides is 1. The smallest absolute Gasteiger partial charge is 0.243 e. The van der Waals surface area contributed by atoms with E-state index in [2.05, 4.69) is 17.1 Å². The van der Waals surface area contributed by atoms with Crippen molar-refractivity contribution in [2.75, 3.05) is 18.0 Å². The van der Waals surface area contributed by atoms with Gasteiger partial charge in [0.15, 0.2) is 0 Å². The second kappa shape index (κ2) is 7.58. The third kappa shape index (κ3) is 3.62. The molecule has 1 saturated heterocycles. The minimum atomic E-state index is -0.299. The fourth-order valence-electron chi connectivity index (χ4n) is 3.39. The Kier molecular flexibility index (Phi) is 5.25. The molecule has 1 fully saturated rings. The van der Waals surface area contributed by atoms with Gasteiger partial charge in [0.05, 0.1) is 16.8 Å². The van der Waals surface area contributed by atoms with Gasteiger partial charge in [0.1, 0.15) is 12.6 Å². The topological polar surface area (TPSA) is 56.1 Å². The molecule has 5 heteroatoms. The summed E-state index contributed by atoms with van der Waals surface area (Å²) in [6.45, 7) is 2.91. The number of halogens is 1. The summed E-state index contributed by atoms with van der Waals surface area (Å²) in [5, 5.41) is 12.0. The molecule has 2 aromatic carbocycles. The largest absolute Gasteiger partial charge is 0.358 e. The average Bonchev–Trinajstić information content (AvgIpc) is 3.02. The summed E-state index contributed by atoms with van der Waals surface area (Å²) in [7, 11) is 0. The monoisotopic (exact) mass is 353 g/mol. The molecule has 0 radical (unpaired) electrons. The van der Waals surface area contributed by atoms with Crippen LogP contribution in [0, 0.1) is 17.2 Å². The summed E-state index contributed by atoms with van der Waals surface area (Å²) in [6, 6.07) is 17.5. The molecule has 2 atom stereocenters. The van der Waals surface area contributed by atoms with Gasteiger partial charge in [-0.3, -0.25) is 4.79 Å². The van der Waals surface area contributed by atoms with E-state index in [-0.39, 0.29) is 18.5 Å². The van der Waals surface area contributed by atoms with Crippen molar-refractivity contribution in [3.8, 4) is 17.2 Å². The van der Waals surface area contributed by atoms with E-state index in [0.717, 1.165) is 29.8 Å². The molecule has 2 aromatic rings. The highest BCUT2D eigenvalue weighted by molar-refractivity contribution is 6.36. The highest BCUT2D eigenvalue weighted by Gasteiger charge is 2.36. The minimum absolute atomic E-state index is 0.0232. The zero-order valence-electron chi connectivity index (χ0n) is 14.1. The zero-order chi connectivity index (χ0) is 17.8. The van der Waals surface area contributed by atoms with Gasteiger partial charge in [0.2, 0.25) is 5.91 Å². The molecule has 0 bridgehead atoms. The van der Waals surface area contributed by atoms with E-state index >= 15 is 0 Å². The number of anilines is 1. The molecule has 3 rings (SSSR count). The number of nitriles is 1. The number of benzene rings is 2. The van der Waals surface area contributed by atoms with Gasteiger partial charge in [-0.1, -0.05) is 61.0 Å². The highest BCUT2D eigenvalue weighted by Crippen LogP contribution is 2.39. The number of nitrogens with one attached hydrogen (secondary N) is 1. The van der Waals surface area contributed by atoms with Crippen molar-refractivity contribution in [1.29, 1.82) is 5.26 Å². The van der Waals surface area contributed by atoms with Gasteiger partial charge in [-0.2, -0.15) is 5.26 Å². The summed E-state index contributed by atoms with van der Waals surface area (Å²) in [5.41, 5.74) is 2.87. The average molecular weight is 354 g/mol. The highest BCUT2D eigenvalue weighted by atomic mass is 35.5. The fraction of sp³-hybridized carbons (Fsp3) is 0.300. The number of carbonyl (C=O) groups is 1. The Hall–Kier alpha value is -2.51. The van der Waals surface area contributed by atoms with Crippen LogP contribution in [0.5, 0.6) is 0 Å². The van der Waals surface area contributed by atoms with Crippen LogP contribution in [0.15, 0.2) is 48.5 Å². The SMILES string of the molecule is C[C@H]1C[C@@H](C(=O)NCC#N)N(c2cccc(-c3ccccc3)c2Cl)C1. The second-order valence-corrected chi connectivity index (χ2v) is 6.77. The van der Waals surface area contributed by atoms with Gasteiger partial charge in [-0.05, 0) is 24.0 Å². The van der Waals surface area contributed by atoms with Crippen LogP contribution in [-0.4, -0.2) is 25.0 Å². The van der Waals surface area contributed by atoms with Crippen LogP contribution in [0.4, 0.5) is 5.69 Å². The molecule has 4 nitrogen and oxygen atoms in total. The lowest BCUT2D eigenvalue weighted by atomic mass is 10.0. The lowest BCUT2D eigenvalue weighted by molar-refractivity contribution is -0.122. The Bertz CT molecular complexity index is 800. The molecule has 0 saturated carbocycles. The van der Waals surface area contributed by atoms with E-state index in [1.807, 2.05) is 54.6 Å². The van der Waals surface area contributed by atoms with Crippen LogP contribution in [0.2, 0.25) is 5.02 Å². The van der Waals surface area contributed by atoms with Gasteiger partial charge in [-0.25, -0.2) is 0 Å². The zero-order valence-corrected chi connectivity index (χ0v) is 14.8. The van der Waals surface area contributed by atoms with Crippen LogP contribution >= 0.6 is 11.6 Å². The molecule has 0 spiro atoms. The molecule has 1 aliphatic rings. The lowest BCUT2D eigenvalue weighted by Gasteiger charge is -2.27. The molecule has 1 heterocycles. The van der Waals surface area contributed by atoms with Crippen LogP contribution in [0.3, 0.4) is 0 Å². The van der Waals surface area contributed by atoms with E-state index < -0.39 is 0 Å². The van der Waals surface area contributed by atoms with Crippen molar-refractivity contribution in [3.05, 3.63) is 53.6 Å². The van der Waals surface area contributed by atoms with Crippen molar-refractivity contribution in [2.24, 2.45) is 5.92 Å². The van der Waals surface area contributed by atoms with Crippen LogP contribution < -0.4 is 10.2 Å². The molecular formula is C20H20ClN3O. The summed E-state index contributed by atoms with van der Waals surface area (Å²) >= 11 is 6.72. The first kappa shape index (κ1) is 17.3. The number of hydrogen-bond acceptors (Lipinski definition) is 3. The first-order valence-electron chi connectivity index (χ1n) is 8.37. The number of carbonyl (C=O) groups excluding carboxylic acids is 1. The summed E-state index contributed by atoms with van der Waals surface area (Å²) < 4.78 is 0. The maximum atomic E-state index is 12.5. The van der Waals surface area contributed by atoms with Gasteiger partial charge in [0, 0.05) is 12.1 Å². The molecule has 1 amide bonds. The normalized spacial score (nSPS) is 19.5. The Balaban J connectivity index is 1.95. The van der Waals surface area contributed by atoms with Crippen molar-refractivity contribution >= 4 is 23.2 Å². The summed E-state index contributed by atoms with van der Waals surface area (Å²) in [5.74, 6) is 0.265. The van der Waals surface area contributed by atoms with E-state index in [0.29, 0.717) is 10.9 Å². The standard InChI is InChI=1S/C20H20ClN3O/c1-14-12-18(20(25)23-11-10-22)24(13-14)17-9-5-8-16(19(17)21)15-6-3-2-4-7-15/h2-9,14,18H,11-13H2,1H3,(H,23,25)/t14-,18-/m0/s1. The summed E-state index contributed by atoms with van der Waals surface area (Å²) in [4.78, 5) is 14.5. The molecule has 25 heavy (non-hydrogen) atoms. The van der Waals surface area contributed by atoms with Crippen molar-refractivity contribution in [2.45, 2.75) is 19.4 Å². The van der Waals surface area contributed by atoms with Gasteiger partial charge >= 0.3 is 0 Å². The maximum Gasteiger partial charge on any atom is 0.243 e. The predicted molar refractivity (Wildman–Crippen MR) is 100 cm³/mol. The van der Waals surface area contributed by atoms with Crippen LogP contribution in [0.25, 0.3) is 11.1 Å². The molecule has 1 aliphatic heterocycles. The predicted octanol–water partition coefficient (Wildman–Crippen LogP) is 3.86. The molecule has 0 unspecified atom stereocenters. The minimum Gasteiger partial charge on any atom is -0.358 e. The van der Waals surface area contributed by atoms with E-state index in [9.17, 15) is 4.79 Å². The van der Waals surface area contributed by atoms with Gasteiger partial charge in [0.25, 0.3) is 0 Å². The van der Waals surface area contributed by atoms with Crippen LogP contribution in [-0.2, 0) is 4.79 Å². The summed E-state index contributed by atoms with van der Waals surface area (Å²) in [6.07, 6.45) is 0.753. The van der Waals surface area contributed by atoms with Gasteiger partial charge in [-0.15, -0.1) is 0 Å². The molecule has 128 valence electrons. The van der Waals surface area contributed by atoms with E-state index in [1.165, 1.54) is 0 Å². The van der Waals surface area contributed by atoms with Crippen molar-refractivity contribution in [1.82, 2.24) is 5.32 Å². The molecule has 0 aliphatic carbocycles. The Morgan fingerprint density at radius 2 is 2.04 bits per heavy atom. The first-order chi connectivity index (χ1) is 12.1. The molecule has 0 aromatic heterocycles. The Labute approximate surface area is 153 Å². The van der Waals surface area contributed by atoms with Crippen LogP contribution in [0.1, 0.15) is 13.3 Å². The van der Waals surface area contributed by atoms with E-state index in [1.54, 1.807) is 0 Å². The first-order valence-corrected chi connectivity index (χ1v) is 8.75. The van der Waals surface area contributed by atoms with E-state index in [4.69, 9.17) is 16.9 Å². The quantitative estimate of drug-likeness (QED) is 0.849. The van der Waals surface area contributed by atoms with Gasteiger partial charge < -0.3 is 10.2 Å². The Morgan fingerprint density at radius 3 is 2.76 bits per heavy atom. The maximum absolute atomic E-state index is 12.5. The number of rotatable bonds is 4. The fourth-order valence-corrected chi connectivity index (χ4v) is 3.73. The third-order valence-electron chi connectivity index (χ3n) is 4.53. The number of hydrogen-bond donors (Lipinski definition) is 1. The van der Waals surface area contributed by atoms with Crippen molar-refractivity contribution < 1.29 is 4.79 Å². The number of nitrogens with zero attached hydrogens (tertiary/aromatic N) is 2.